The van der Waals surface area contributed by atoms with Crippen molar-refractivity contribution in [2.24, 2.45) is 0 Å². The maximum Gasteiger partial charge on any atom is 0.257 e. The number of aryl methyl sites for hydroxylation is 1. The molecule has 8 nitrogen and oxygen atoms in total. The molecule has 0 atom stereocenters. The van der Waals surface area contributed by atoms with Gasteiger partial charge < -0.3 is 14.5 Å². The summed E-state index contributed by atoms with van der Waals surface area (Å²) in [4.78, 5) is 16.9. The number of hydrogen-bond acceptors (Lipinski definition) is 6. The van der Waals surface area contributed by atoms with Crippen LogP contribution in [-0.2, 0) is 10.0 Å². The number of nitrogens with one attached hydrogen (secondary N) is 2. The number of aromatic nitrogens is 1. The summed E-state index contributed by atoms with van der Waals surface area (Å²) in [7, 11) is -3.88. The Hall–Kier alpha value is -3.40. The number of sulfonamides is 1. The van der Waals surface area contributed by atoms with E-state index in [9.17, 15) is 13.2 Å². The number of oxazole rings is 1. The molecule has 0 aliphatic heterocycles. The largest absolute Gasteiger partial charge is 0.492 e. The standard InChI is InChI=1S/C23H20ClN3O5S/c1-15-26-21-13-16(7-10-22(21)32-15)27-23(28)19-14-18(8-9-20(19)24)33(29,30)25-11-12-31-17-5-3-2-4-6-17/h2-10,13-14,25H,11-12H2,1H3,(H,27,28). The number of benzene rings is 3. The summed E-state index contributed by atoms with van der Waals surface area (Å²) in [6.07, 6.45) is 0. The van der Waals surface area contributed by atoms with Crippen LogP contribution in [0, 0.1) is 6.92 Å². The predicted octanol–water partition coefficient (Wildman–Crippen LogP) is 4.40. The second-order valence-electron chi connectivity index (χ2n) is 7.07. The molecule has 10 heteroatoms. The number of hydrogen-bond donors (Lipinski definition) is 2. The number of rotatable bonds is 8. The average molecular weight is 486 g/mol. The summed E-state index contributed by atoms with van der Waals surface area (Å²) in [5, 5.41) is 2.83. The van der Waals surface area contributed by atoms with Gasteiger partial charge in [0.1, 0.15) is 17.9 Å². The lowest BCUT2D eigenvalue weighted by molar-refractivity contribution is 0.102. The lowest BCUT2D eigenvalue weighted by Crippen LogP contribution is -2.28. The number of fused-ring (bicyclic) bond motifs is 1. The van der Waals surface area contributed by atoms with Crippen LogP contribution in [0.3, 0.4) is 0 Å². The first-order valence-electron chi connectivity index (χ1n) is 9.97. The second-order valence-corrected chi connectivity index (χ2v) is 9.24. The minimum atomic E-state index is -3.88. The van der Waals surface area contributed by atoms with Crippen LogP contribution < -0.4 is 14.8 Å². The van der Waals surface area contributed by atoms with Crippen molar-refractivity contribution in [2.45, 2.75) is 11.8 Å². The molecule has 0 unspecified atom stereocenters. The summed E-state index contributed by atoms with van der Waals surface area (Å²) in [6, 6.07) is 18.0. The zero-order valence-electron chi connectivity index (χ0n) is 17.5. The highest BCUT2D eigenvalue weighted by Gasteiger charge is 2.19. The number of anilines is 1. The summed E-state index contributed by atoms with van der Waals surface area (Å²) < 4.78 is 38.7. The molecule has 1 heterocycles. The molecule has 0 bridgehead atoms. The minimum absolute atomic E-state index is 0.0245. The second kappa shape index (κ2) is 9.62. The van der Waals surface area contributed by atoms with Gasteiger partial charge >= 0.3 is 0 Å². The topological polar surface area (TPSA) is 111 Å². The fraction of sp³-hybridized carbons (Fsp3) is 0.130. The van der Waals surface area contributed by atoms with Gasteiger partial charge in [-0.1, -0.05) is 29.8 Å². The fourth-order valence-electron chi connectivity index (χ4n) is 3.11. The number of carbonyl (C=O) groups is 1. The van der Waals surface area contributed by atoms with Crippen LogP contribution in [0.1, 0.15) is 16.2 Å². The van der Waals surface area contributed by atoms with Gasteiger partial charge in [0.25, 0.3) is 5.91 Å². The molecule has 1 amide bonds. The monoisotopic (exact) mass is 485 g/mol. The first-order valence-corrected chi connectivity index (χ1v) is 11.8. The van der Waals surface area contributed by atoms with Gasteiger partial charge in [-0.3, -0.25) is 4.79 Å². The molecule has 33 heavy (non-hydrogen) atoms. The van der Waals surface area contributed by atoms with E-state index in [-0.39, 0.29) is 28.6 Å². The molecule has 4 aromatic rings. The maximum absolute atomic E-state index is 12.8. The third-order valence-corrected chi connectivity index (χ3v) is 6.44. The van der Waals surface area contributed by atoms with Gasteiger partial charge in [-0.05, 0) is 48.5 Å². The maximum atomic E-state index is 12.8. The molecule has 0 radical (unpaired) electrons. The zero-order chi connectivity index (χ0) is 23.4. The fourth-order valence-corrected chi connectivity index (χ4v) is 4.35. The molecule has 170 valence electrons. The molecular formula is C23H20ClN3O5S. The lowest BCUT2D eigenvalue weighted by atomic mass is 10.2. The number of halogens is 1. The van der Waals surface area contributed by atoms with Crippen LogP contribution in [0.2, 0.25) is 5.02 Å². The van der Waals surface area contributed by atoms with E-state index >= 15 is 0 Å². The van der Waals surface area contributed by atoms with E-state index < -0.39 is 15.9 Å². The van der Waals surface area contributed by atoms with Crippen LogP contribution in [0.5, 0.6) is 5.75 Å². The van der Waals surface area contributed by atoms with E-state index in [1.165, 1.54) is 18.2 Å². The smallest absolute Gasteiger partial charge is 0.257 e. The molecule has 1 aromatic heterocycles. The molecule has 0 saturated carbocycles. The molecule has 2 N–H and O–H groups in total. The van der Waals surface area contributed by atoms with Crippen LogP contribution >= 0.6 is 11.6 Å². The predicted molar refractivity (Wildman–Crippen MR) is 125 cm³/mol. The minimum Gasteiger partial charge on any atom is -0.492 e. The Balaban J connectivity index is 1.44. The van der Waals surface area contributed by atoms with Gasteiger partial charge in [0.15, 0.2) is 11.5 Å². The van der Waals surface area contributed by atoms with E-state index in [2.05, 4.69) is 15.0 Å². The molecular weight excluding hydrogens is 466 g/mol. The molecule has 0 saturated heterocycles. The van der Waals surface area contributed by atoms with E-state index in [1.807, 2.05) is 18.2 Å². The SMILES string of the molecule is Cc1nc2cc(NC(=O)c3cc(S(=O)(=O)NCCOc4ccccc4)ccc3Cl)ccc2o1. The number of carbonyl (C=O) groups excluding carboxylic acids is 1. The third-order valence-electron chi connectivity index (χ3n) is 4.65. The van der Waals surface area contributed by atoms with E-state index in [0.29, 0.717) is 28.4 Å². The van der Waals surface area contributed by atoms with Crippen LogP contribution in [0.15, 0.2) is 76.0 Å². The summed E-state index contributed by atoms with van der Waals surface area (Å²) in [5.41, 5.74) is 1.69. The van der Waals surface area contributed by atoms with E-state index in [4.69, 9.17) is 20.8 Å². The average Bonchev–Trinajstić information content (AvgIpc) is 3.17. The van der Waals surface area contributed by atoms with Gasteiger partial charge in [-0.25, -0.2) is 18.1 Å². The van der Waals surface area contributed by atoms with Crippen molar-refractivity contribution in [1.82, 2.24) is 9.71 Å². The Bertz CT molecular complexity index is 1400. The Morgan fingerprint density at radius 1 is 1.09 bits per heavy atom. The Morgan fingerprint density at radius 2 is 1.88 bits per heavy atom. The van der Waals surface area contributed by atoms with Gasteiger partial charge in [-0.15, -0.1) is 0 Å². The highest BCUT2D eigenvalue weighted by molar-refractivity contribution is 7.89. The van der Waals surface area contributed by atoms with Crippen molar-refractivity contribution in [3.05, 3.63) is 83.2 Å². The Kier molecular flexibility index (Phi) is 6.64. The lowest BCUT2D eigenvalue weighted by Gasteiger charge is -2.11. The van der Waals surface area contributed by atoms with Crippen molar-refractivity contribution < 1.29 is 22.4 Å². The molecule has 0 fully saturated rings. The number of nitrogens with zero attached hydrogens (tertiary/aromatic N) is 1. The van der Waals surface area contributed by atoms with Crippen molar-refractivity contribution >= 4 is 44.3 Å². The molecule has 3 aromatic carbocycles. The summed E-state index contributed by atoms with van der Waals surface area (Å²) in [6.45, 7) is 1.93. The van der Waals surface area contributed by atoms with Crippen molar-refractivity contribution in [3.63, 3.8) is 0 Å². The van der Waals surface area contributed by atoms with Crippen molar-refractivity contribution in [1.29, 1.82) is 0 Å². The number of ether oxygens (including phenoxy) is 1. The molecule has 0 aliphatic carbocycles. The third kappa shape index (κ3) is 5.51. The van der Waals surface area contributed by atoms with Crippen LogP contribution in [-0.4, -0.2) is 32.5 Å². The first-order chi connectivity index (χ1) is 15.8. The van der Waals surface area contributed by atoms with Gasteiger partial charge in [0.2, 0.25) is 10.0 Å². The summed E-state index contributed by atoms with van der Waals surface area (Å²) in [5.74, 6) is 0.598. The molecule has 0 spiro atoms. The van der Waals surface area contributed by atoms with Gasteiger partial charge in [0.05, 0.1) is 15.5 Å². The van der Waals surface area contributed by atoms with Crippen LogP contribution in [0.25, 0.3) is 11.1 Å². The highest BCUT2D eigenvalue weighted by atomic mass is 35.5. The Labute approximate surface area is 195 Å². The number of para-hydroxylation sites is 1. The normalized spacial score (nSPS) is 11.5. The quantitative estimate of drug-likeness (QED) is 0.358. The first kappa shape index (κ1) is 22.8. The van der Waals surface area contributed by atoms with Gasteiger partial charge in [0, 0.05) is 19.2 Å². The summed E-state index contributed by atoms with van der Waals surface area (Å²) >= 11 is 6.18. The van der Waals surface area contributed by atoms with E-state index in [1.54, 1.807) is 37.3 Å². The number of amides is 1. The molecule has 4 rings (SSSR count). The zero-order valence-corrected chi connectivity index (χ0v) is 19.1. The van der Waals surface area contributed by atoms with E-state index in [0.717, 1.165) is 0 Å². The highest BCUT2D eigenvalue weighted by Crippen LogP contribution is 2.24. The van der Waals surface area contributed by atoms with Gasteiger partial charge in [-0.2, -0.15) is 0 Å². The Morgan fingerprint density at radius 3 is 2.67 bits per heavy atom. The van der Waals surface area contributed by atoms with Crippen LogP contribution in [0.4, 0.5) is 5.69 Å². The molecule has 0 aliphatic rings. The van der Waals surface area contributed by atoms with Crippen molar-refractivity contribution in [3.8, 4) is 5.75 Å². The van der Waals surface area contributed by atoms with Crippen molar-refractivity contribution in [2.75, 3.05) is 18.5 Å².